The van der Waals surface area contributed by atoms with E-state index < -0.39 is 0 Å². The number of ether oxygens (including phenoxy) is 1. The van der Waals surface area contributed by atoms with Crippen LogP contribution < -0.4 is 10.1 Å². The number of likely N-dealkylation sites (tertiary alicyclic amines) is 1. The Morgan fingerprint density at radius 3 is 2.33 bits per heavy atom. The third kappa shape index (κ3) is 6.39. The molecular formula is C31H31Cl3N4O. The summed E-state index contributed by atoms with van der Waals surface area (Å²) in [7, 11) is 1.67. The maximum atomic E-state index is 6.40. The fraction of sp³-hybridized carbons (Fsp3) is 0.226. The van der Waals surface area contributed by atoms with Crippen molar-refractivity contribution in [1.29, 1.82) is 0 Å². The predicted octanol–water partition coefficient (Wildman–Crippen LogP) is 8.03. The van der Waals surface area contributed by atoms with E-state index in [4.69, 9.17) is 16.3 Å². The van der Waals surface area contributed by atoms with Gasteiger partial charge in [-0.1, -0.05) is 54.1 Å². The molecule has 1 aliphatic heterocycles. The molecule has 202 valence electrons. The second kappa shape index (κ2) is 12.8. The highest BCUT2D eigenvalue weighted by Crippen LogP contribution is 2.33. The zero-order chi connectivity index (χ0) is 25.2. The number of anilines is 1. The highest BCUT2D eigenvalue weighted by molar-refractivity contribution is 6.31. The van der Waals surface area contributed by atoms with Crippen LogP contribution in [0, 0.1) is 0 Å². The highest BCUT2D eigenvalue weighted by Gasteiger charge is 2.21. The summed E-state index contributed by atoms with van der Waals surface area (Å²) < 4.78 is 5.30. The molecule has 1 fully saturated rings. The van der Waals surface area contributed by atoms with Gasteiger partial charge in [0.25, 0.3) is 0 Å². The van der Waals surface area contributed by atoms with Crippen LogP contribution in [0.5, 0.6) is 5.75 Å². The standard InChI is InChI=1S/C31H29ClN4O.2ClH/c1-37-27-11-8-23(9-12-27)30-28-13-10-25(32)19-29(28)31(35-34-30)33-26-14-16-36(17-15-26)20-21-6-7-22-4-2-3-5-24(22)18-21;;/h2-13,18-19,26H,14-17,20H2,1H3,(H,33,35);2*1H. The van der Waals surface area contributed by atoms with Crippen molar-refractivity contribution < 1.29 is 4.74 Å². The Kier molecular flexibility index (Phi) is 9.52. The van der Waals surface area contributed by atoms with Crippen molar-refractivity contribution in [2.45, 2.75) is 25.4 Å². The molecule has 0 aliphatic carbocycles. The molecule has 0 amide bonds. The van der Waals surface area contributed by atoms with Gasteiger partial charge in [-0.2, -0.15) is 0 Å². The van der Waals surface area contributed by atoms with Crippen LogP contribution >= 0.6 is 36.4 Å². The molecule has 0 atom stereocenters. The normalized spacial score (nSPS) is 14.0. The van der Waals surface area contributed by atoms with Crippen LogP contribution in [0.3, 0.4) is 0 Å². The fourth-order valence-electron chi connectivity index (χ4n) is 5.22. The molecule has 6 rings (SSSR count). The van der Waals surface area contributed by atoms with Gasteiger partial charge in [0.15, 0.2) is 5.82 Å². The number of nitrogens with zero attached hydrogens (tertiary/aromatic N) is 3. The first-order valence-corrected chi connectivity index (χ1v) is 13.1. The summed E-state index contributed by atoms with van der Waals surface area (Å²) in [6.45, 7) is 3.06. The van der Waals surface area contributed by atoms with Crippen molar-refractivity contribution in [2.24, 2.45) is 0 Å². The largest absolute Gasteiger partial charge is 0.497 e. The lowest BCUT2D eigenvalue weighted by atomic mass is 10.0. The van der Waals surface area contributed by atoms with Crippen molar-refractivity contribution in [3.63, 3.8) is 0 Å². The maximum Gasteiger partial charge on any atom is 0.156 e. The van der Waals surface area contributed by atoms with Gasteiger partial charge in [0.05, 0.1) is 7.11 Å². The predicted molar refractivity (Wildman–Crippen MR) is 167 cm³/mol. The molecule has 0 radical (unpaired) electrons. The zero-order valence-electron chi connectivity index (χ0n) is 21.6. The molecule has 4 aromatic carbocycles. The van der Waals surface area contributed by atoms with Crippen LogP contribution in [0.15, 0.2) is 84.9 Å². The van der Waals surface area contributed by atoms with Crippen LogP contribution in [0.2, 0.25) is 5.02 Å². The van der Waals surface area contributed by atoms with E-state index in [9.17, 15) is 0 Å². The molecule has 39 heavy (non-hydrogen) atoms. The lowest BCUT2D eigenvalue weighted by molar-refractivity contribution is 0.211. The van der Waals surface area contributed by atoms with Gasteiger partial charge in [-0.15, -0.1) is 35.0 Å². The number of piperidine rings is 1. The van der Waals surface area contributed by atoms with E-state index in [0.29, 0.717) is 11.1 Å². The Balaban J connectivity index is 0.00000176. The van der Waals surface area contributed by atoms with Crippen molar-refractivity contribution >= 4 is 63.8 Å². The lowest BCUT2D eigenvalue weighted by Gasteiger charge is -2.32. The maximum absolute atomic E-state index is 6.40. The van der Waals surface area contributed by atoms with Gasteiger partial charge in [0.1, 0.15) is 11.4 Å². The molecule has 1 saturated heterocycles. The van der Waals surface area contributed by atoms with Gasteiger partial charge >= 0.3 is 0 Å². The van der Waals surface area contributed by atoms with Crippen molar-refractivity contribution in [2.75, 3.05) is 25.5 Å². The molecule has 0 unspecified atom stereocenters. The van der Waals surface area contributed by atoms with Crippen molar-refractivity contribution in [3.05, 3.63) is 95.5 Å². The zero-order valence-corrected chi connectivity index (χ0v) is 24.0. The Hall–Kier alpha value is -3.09. The molecule has 1 aromatic heterocycles. The quantitative estimate of drug-likeness (QED) is 0.220. The Labute approximate surface area is 246 Å². The van der Waals surface area contributed by atoms with Crippen molar-refractivity contribution in [1.82, 2.24) is 15.1 Å². The van der Waals surface area contributed by atoms with Crippen molar-refractivity contribution in [3.8, 4) is 17.0 Å². The summed E-state index contributed by atoms with van der Waals surface area (Å²) in [4.78, 5) is 2.54. The minimum Gasteiger partial charge on any atom is -0.497 e. The molecular weight excluding hydrogens is 551 g/mol. The van der Waals surface area contributed by atoms with Crippen LogP contribution in [0.1, 0.15) is 18.4 Å². The molecule has 0 spiro atoms. The fourth-order valence-corrected chi connectivity index (χ4v) is 5.39. The van der Waals surface area contributed by atoms with Gasteiger partial charge in [-0.3, -0.25) is 4.90 Å². The number of halogens is 3. The summed E-state index contributed by atoms with van der Waals surface area (Å²) in [5.74, 6) is 1.61. The molecule has 1 N–H and O–H groups in total. The van der Waals surface area contributed by atoms with Gasteiger partial charge < -0.3 is 10.1 Å². The average Bonchev–Trinajstić information content (AvgIpc) is 2.94. The molecule has 0 saturated carbocycles. The topological polar surface area (TPSA) is 50.3 Å². The van der Waals surface area contributed by atoms with Crippen LogP contribution in [0.25, 0.3) is 32.8 Å². The molecule has 5 nitrogen and oxygen atoms in total. The number of hydrogen-bond acceptors (Lipinski definition) is 5. The van der Waals surface area contributed by atoms with Gasteiger partial charge in [0, 0.05) is 47.0 Å². The van der Waals surface area contributed by atoms with E-state index in [1.807, 2.05) is 42.5 Å². The van der Waals surface area contributed by atoms with Crippen LogP contribution in [-0.4, -0.2) is 41.3 Å². The van der Waals surface area contributed by atoms with E-state index in [0.717, 1.165) is 66.1 Å². The van der Waals surface area contributed by atoms with Gasteiger partial charge in [-0.05, 0) is 71.6 Å². The molecule has 1 aliphatic rings. The monoisotopic (exact) mass is 580 g/mol. The SMILES string of the molecule is COc1ccc(-c2nnc(NC3CCN(Cc4ccc5ccccc5c4)CC3)c3cc(Cl)ccc23)cc1.Cl.Cl. The van der Waals surface area contributed by atoms with E-state index in [-0.39, 0.29) is 24.8 Å². The number of fused-ring (bicyclic) bond motifs is 2. The van der Waals surface area contributed by atoms with Crippen LogP contribution in [0.4, 0.5) is 5.82 Å². The van der Waals surface area contributed by atoms with Gasteiger partial charge in [-0.25, -0.2) is 0 Å². The number of aromatic nitrogens is 2. The van der Waals surface area contributed by atoms with Gasteiger partial charge in [0.2, 0.25) is 0 Å². The van der Waals surface area contributed by atoms with E-state index >= 15 is 0 Å². The molecule has 5 aromatic rings. The number of methoxy groups -OCH3 is 1. The number of rotatable bonds is 6. The third-order valence-corrected chi connectivity index (χ3v) is 7.49. The molecule has 8 heteroatoms. The average molecular weight is 582 g/mol. The number of hydrogen-bond donors (Lipinski definition) is 1. The number of nitrogens with one attached hydrogen (secondary N) is 1. The Morgan fingerprint density at radius 2 is 1.59 bits per heavy atom. The lowest BCUT2D eigenvalue weighted by Crippen LogP contribution is -2.38. The second-order valence-corrected chi connectivity index (χ2v) is 10.1. The molecule has 2 heterocycles. The van der Waals surface area contributed by atoms with E-state index in [2.05, 4.69) is 62.9 Å². The summed E-state index contributed by atoms with van der Waals surface area (Å²) in [6.07, 6.45) is 2.11. The Bertz CT molecular complexity index is 1550. The smallest absolute Gasteiger partial charge is 0.156 e. The summed E-state index contributed by atoms with van der Waals surface area (Å²) in [5.41, 5.74) is 3.20. The minimum absolute atomic E-state index is 0. The summed E-state index contributed by atoms with van der Waals surface area (Å²) in [5, 5.41) is 18.2. The number of benzene rings is 4. The first-order chi connectivity index (χ1) is 18.2. The first kappa shape index (κ1) is 28.9. The minimum atomic E-state index is 0. The first-order valence-electron chi connectivity index (χ1n) is 12.7. The Morgan fingerprint density at radius 1 is 0.846 bits per heavy atom. The molecule has 0 bridgehead atoms. The highest BCUT2D eigenvalue weighted by atomic mass is 35.5. The summed E-state index contributed by atoms with van der Waals surface area (Å²) >= 11 is 6.40. The third-order valence-electron chi connectivity index (χ3n) is 7.25. The second-order valence-electron chi connectivity index (χ2n) is 9.69. The summed E-state index contributed by atoms with van der Waals surface area (Å²) in [6, 6.07) is 29.5. The van der Waals surface area contributed by atoms with E-state index in [1.54, 1.807) is 7.11 Å². The van der Waals surface area contributed by atoms with E-state index in [1.165, 1.54) is 16.3 Å². The van der Waals surface area contributed by atoms with Crippen LogP contribution in [-0.2, 0) is 6.54 Å².